The van der Waals surface area contributed by atoms with E-state index in [4.69, 9.17) is 0 Å². The molecule has 0 atom stereocenters. The lowest BCUT2D eigenvalue weighted by atomic mass is 9.71. The van der Waals surface area contributed by atoms with Crippen molar-refractivity contribution in [1.82, 2.24) is 0 Å². The van der Waals surface area contributed by atoms with Gasteiger partial charge in [-0.2, -0.15) is 0 Å². The van der Waals surface area contributed by atoms with Crippen LogP contribution in [0.5, 0.6) is 0 Å². The molecule has 2 nitrogen and oxygen atoms in total. The van der Waals surface area contributed by atoms with Crippen LogP contribution < -0.4 is 0 Å². The van der Waals surface area contributed by atoms with Crippen LogP contribution in [-0.2, 0) is 5.41 Å². The number of hydrogen-bond acceptors (Lipinski definition) is 1. The van der Waals surface area contributed by atoms with Crippen LogP contribution in [0.15, 0.2) is 110 Å². The zero-order valence-electron chi connectivity index (χ0n) is 20.1. The van der Waals surface area contributed by atoms with E-state index in [1.165, 1.54) is 33.4 Å². The summed E-state index contributed by atoms with van der Waals surface area (Å²) in [6.07, 6.45) is 3.34. The predicted octanol–water partition coefficient (Wildman–Crippen LogP) is 8.23. The highest BCUT2D eigenvalue weighted by molar-refractivity contribution is 5.90. The van der Waals surface area contributed by atoms with Crippen LogP contribution in [0.25, 0.3) is 22.3 Å². The second-order valence-electron chi connectivity index (χ2n) is 9.77. The summed E-state index contributed by atoms with van der Waals surface area (Å²) in [4.78, 5) is 11.2. The van der Waals surface area contributed by atoms with Gasteiger partial charge in [0.1, 0.15) is 0 Å². The van der Waals surface area contributed by atoms with Gasteiger partial charge in [-0.05, 0) is 86.2 Å². The highest BCUT2D eigenvalue weighted by Gasteiger charge is 2.29. The maximum atomic E-state index is 11.2. The molecular formula is C33H28O2. The molecule has 172 valence electrons. The average molecular weight is 457 g/mol. The molecule has 0 saturated carbocycles. The first-order chi connectivity index (χ1) is 16.8. The Hall–Kier alpha value is -4.17. The summed E-state index contributed by atoms with van der Waals surface area (Å²) in [7, 11) is 0. The Bertz CT molecular complexity index is 1450. The van der Waals surface area contributed by atoms with Crippen LogP contribution >= 0.6 is 0 Å². The van der Waals surface area contributed by atoms with Crippen molar-refractivity contribution in [2.75, 3.05) is 0 Å². The zero-order chi connectivity index (χ0) is 24.6. The standard InChI is InChI=1S/C33H28O2/c1-22(23-12-14-25(15-13-23)32(34)35)26-16-17-31-30(21-26)29(18-19-33(31,2)3)28-11-7-10-27(20-28)24-8-5-4-6-9-24/h4-18,20-21H,1,19H2,2-3H3,(H,34,35). The molecule has 35 heavy (non-hydrogen) atoms. The van der Waals surface area contributed by atoms with Crippen LogP contribution in [0.2, 0.25) is 0 Å². The fraction of sp³-hybridized carbons (Fsp3) is 0.121. The summed E-state index contributed by atoms with van der Waals surface area (Å²) in [6.45, 7) is 8.92. The van der Waals surface area contributed by atoms with Crippen molar-refractivity contribution < 1.29 is 9.90 Å². The minimum Gasteiger partial charge on any atom is -0.478 e. The number of rotatable bonds is 5. The monoisotopic (exact) mass is 456 g/mol. The Morgan fingerprint density at radius 3 is 2.09 bits per heavy atom. The molecule has 0 unspecified atom stereocenters. The fourth-order valence-corrected chi connectivity index (χ4v) is 4.87. The molecule has 0 saturated heterocycles. The molecular weight excluding hydrogens is 428 g/mol. The van der Waals surface area contributed by atoms with E-state index in [1.54, 1.807) is 12.1 Å². The van der Waals surface area contributed by atoms with Gasteiger partial charge in [0.05, 0.1) is 5.56 Å². The van der Waals surface area contributed by atoms with Crippen LogP contribution in [0, 0.1) is 0 Å². The summed E-state index contributed by atoms with van der Waals surface area (Å²) in [5.41, 5.74) is 10.6. The summed E-state index contributed by atoms with van der Waals surface area (Å²) in [5, 5.41) is 9.21. The molecule has 0 aliphatic heterocycles. The highest BCUT2D eigenvalue weighted by atomic mass is 16.4. The van der Waals surface area contributed by atoms with Gasteiger partial charge in [0.25, 0.3) is 0 Å². The molecule has 0 bridgehead atoms. The minimum atomic E-state index is -0.925. The van der Waals surface area contributed by atoms with Gasteiger partial charge in [-0.1, -0.05) is 99.3 Å². The van der Waals surface area contributed by atoms with Gasteiger partial charge in [-0.15, -0.1) is 0 Å². The average Bonchev–Trinajstić information content (AvgIpc) is 2.88. The number of carbonyl (C=O) groups is 1. The van der Waals surface area contributed by atoms with E-state index >= 15 is 0 Å². The van der Waals surface area contributed by atoms with Gasteiger partial charge in [0.2, 0.25) is 0 Å². The van der Waals surface area contributed by atoms with Crippen LogP contribution in [-0.4, -0.2) is 11.1 Å². The van der Waals surface area contributed by atoms with Crippen LogP contribution in [0.3, 0.4) is 0 Å². The SMILES string of the molecule is C=C(c1ccc(C(=O)O)cc1)c1ccc2c(c1)C(c1cccc(-c3ccccc3)c1)=CCC2(C)C. The first-order valence-electron chi connectivity index (χ1n) is 11.9. The number of aromatic carboxylic acids is 1. The molecule has 1 aliphatic rings. The van der Waals surface area contributed by atoms with E-state index in [2.05, 4.69) is 93.2 Å². The first-order valence-corrected chi connectivity index (χ1v) is 11.9. The zero-order valence-corrected chi connectivity index (χ0v) is 20.1. The maximum absolute atomic E-state index is 11.2. The third-order valence-electron chi connectivity index (χ3n) is 6.96. The topological polar surface area (TPSA) is 37.3 Å². The van der Waals surface area contributed by atoms with Gasteiger partial charge in [-0.25, -0.2) is 4.79 Å². The summed E-state index contributed by atoms with van der Waals surface area (Å²) in [5.74, 6) is -0.925. The van der Waals surface area contributed by atoms with E-state index in [0.717, 1.165) is 23.1 Å². The third-order valence-corrected chi connectivity index (χ3v) is 6.96. The Kier molecular flexibility index (Phi) is 5.74. The van der Waals surface area contributed by atoms with Crippen LogP contribution in [0.1, 0.15) is 58.4 Å². The largest absolute Gasteiger partial charge is 0.478 e. The highest BCUT2D eigenvalue weighted by Crippen LogP contribution is 2.43. The van der Waals surface area contributed by atoms with Gasteiger partial charge >= 0.3 is 5.97 Å². The smallest absolute Gasteiger partial charge is 0.335 e. The third kappa shape index (κ3) is 4.36. The Morgan fingerprint density at radius 1 is 0.743 bits per heavy atom. The van der Waals surface area contributed by atoms with Crippen LogP contribution in [0.4, 0.5) is 0 Å². The van der Waals surface area contributed by atoms with E-state index < -0.39 is 5.97 Å². The lowest BCUT2D eigenvalue weighted by Gasteiger charge is -2.33. The van der Waals surface area contributed by atoms with Crippen molar-refractivity contribution in [3.05, 3.63) is 143 Å². The fourth-order valence-electron chi connectivity index (χ4n) is 4.87. The normalized spacial score (nSPS) is 14.1. The van der Waals surface area contributed by atoms with Gasteiger partial charge in [0, 0.05) is 0 Å². The predicted molar refractivity (Wildman–Crippen MR) is 145 cm³/mol. The number of fused-ring (bicyclic) bond motifs is 1. The Morgan fingerprint density at radius 2 is 1.37 bits per heavy atom. The van der Waals surface area contributed by atoms with Crippen molar-refractivity contribution in [3.63, 3.8) is 0 Å². The number of benzene rings is 4. The number of hydrogen-bond donors (Lipinski definition) is 1. The molecule has 4 aromatic rings. The number of carboxylic acid groups (broad SMARTS) is 1. The lowest BCUT2D eigenvalue weighted by molar-refractivity contribution is 0.0697. The van der Waals surface area contributed by atoms with E-state index in [0.29, 0.717) is 0 Å². The summed E-state index contributed by atoms with van der Waals surface area (Å²) >= 11 is 0. The second kappa shape index (κ2) is 8.88. The number of carboxylic acids is 1. The molecule has 0 spiro atoms. The van der Waals surface area contributed by atoms with Gasteiger partial charge < -0.3 is 5.11 Å². The van der Waals surface area contributed by atoms with Crippen molar-refractivity contribution in [2.24, 2.45) is 0 Å². The van der Waals surface area contributed by atoms with E-state index in [1.807, 2.05) is 18.2 Å². The van der Waals surface area contributed by atoms with Crippen molar-refractivity contribution in [1.29, 1.82) is 0 Å². The molecule has 0 amide bonds. The molecule has 0 fully saturated rings. The van der Waals surface area contributed by atoms with Gasteiger partial charge in [0.15, 0.2) is 0 Å². The quantitative estimate of drug-likeness (QED) is 0.328. The van der Waals surface area contributed by atoms with Gasteiger partial charge in [-0.3, -0.25) is 0 Å². The molecule has 2 heteroatoms. The maximum Gasteiger partial charge on any atom is 0.335 e. The molecule has 1 N–H and O–H groups in total. The van der Waals surface area contributed by atoms with E-state index in [-0.39, 0.29) is 11.0 Å². The Labute approximate surface area is 206 Å². The van der Waals surface area contributed by atoms with E-state index in [9.17, 15) is 9.90 Å². The van der Waals surface area contributed by atoms with Crippen molar-refractivity contribution in [3.8, 4) is 11.1 Å². The minimum absolute atomic E-state index is 0.0405. The molecule has 1 aliphatic carbocycles. The number of allylic oxidation sites excluding steroid dienone is 1. The second-order valence-corrected chi connectivity index (χ2v) is 9.77. The lowest BCUT2D eigenvalue weighted by Crippen LogP contribution is -2.22. The molecule has 4 aromatic carbocycles. The molecule has 0 radical (unpaired) electrons. The molecule has 0 aromatic heterocycles. The van der Waals surface area contributed by atoms with Crippen molar-refractivity contribution in [2.45, 2.75) is 25.7 Å². The Balaban J connectivity index is 1.57. The summed E-state index contributed by atoms with van der Waals surface area (Å²) in [6, 6.07) is 32.7. The first kappa shape index (κ1) is 22.6. The van der Waals surface area contributed by atoms with Crippen molar-refractivity contribution >= 4 is 17.1 Å². The summed E-state index contributed by atoms with van der Waals surface area (Å²) < 4.78 is 0. The molecule has 0 heterocycles. The molecule has 5 rings (SSSR count).